The second-order valence-corrected chi connectivity index (χ2v) is 12.2. The summed E-state index contributed by atoms with van der Waals surface area (Å²) >= 11 is 0. The standard InChI is InChI=1S/C46H31N/c1-2-11-32(12-3-1)36-15-10-16-39(29-36)47(40-28-25-34-22-21-33-13-4-6-17-41(33)46(34)31-40)38-26-23-35(24-27-38)45-30-37-14-5-7-18-42(37)43-19-8-9-20-44(43)45/h1-31H. The van der Waals surface area contributed by atoms with Crippen LogP contribution in [0.15, 0.2) is 188 Å². The molecule has 0 aliphatic heterocycles. The molecule has 0 saturated carbocycles. The summed E-state index contributed by atoms with van der Waals surface area (Å²) < 4.78 is 0. The van der Waals surface area contributed by atoms with Crippen molar-refractivity contribution in [3.63, 3.8) is 0 Å². The quantitative estimate of drug-likeness (QED) is 0.178. The lowest BCUT2D eigenvalue weighted by Gasteiger charge is -2.27. The predicted molar refractivity (Wildman–Crippen MR) is 202 cm³/mol. The number of anilines is 3. The summed E-state index contributed by atoms with van der Waals surface area (Å²) in [6.07, 6.45) is 0. The highest BCUT2D eigenvalue weighted by atomic mass is 15.1. The monoisotopic (exact) mass is 597 g/mol. The molecule has 0 saturated heterocycles. The minimum atomic E-state index is 1.11. The average Bonchev–Trinajstić information content (AvgIpc) is 3.15. The van der Waals surface area contributed by atoms with Gasteiger partial charge in [0.05, 0.1) is 0 Å². The van der Waals surface area contributed by atoms with Crippen LogP contribution >= 0.6 is 0 Å². The van der Waals surface area contributed by atoms with Crippen molar-refractivity contribution in [3.05, 3.63) is 188 Å². The van der Waals surface area contributed by atoms with Gasteiger partial charge in [-0.2, -0.15) is 0 Å². The highest BCUT2D eigenvalue weighted by molar-refractivity contribution is 6.14. The van der Waals surface area contributed by atoms with Gasteiger partial charge in [0, 0.05) is 17.1 Å². The van der Waals surface area contributed by atoms with Gasteiger partial charge < -0.3 is 4.90 Å². The van der Waals surface area contributed by atoms with Gasteiger partial charge in [0.15, 0.2) is 0 Å². The Morgan fingerprint density at radius 3 is 1.60 bits per heavy atom. The van der Waals surface area contributed by atoms with Gasteiger partial charge in [-0.25, -0.2) is 0 Å². The Hall–Kier alpha value is -6.18. The van der Waals surface area contributed by atoms with E-state index in [1.165, 1.54) is 65.3 Å². The molecule has 0 radical (unpaired) electrons. The predicted octanol–water partition coefficient (Wildman–Crippen LogP) is 13.1. The average molecular weight is 598 g/mol. The Balaban J connectivity index is 1.22. The maximum absolute atomic E-state index is 2.38. The van der Waals surface area contributed by atoms with Crippen molar-refractivity contribution in [3.8, 4) is 22.3 Å². The van der Waals surface area contributed by atoms with E-state index in [4.69, 9.17) is 0 Å². The topological polar surface area (TPSA) is 3.24 Å². The van der Waals surface area contributed by atoms with Crippen LogP contribution in [0.5, 0.6) is 0 Å². The SMILES string of the molecule is c1ccc(-c2cccc(N(c3ccc(-c4cc5ccccc5c5ccccc45)cc3)c3ccc4ccc5ccccc5c4c3)c2)cc1. The number of hydrogen-bond donors (Lipinski definition) is 0. The molecular formula is C46H31N. The van der Waals surface area contributed by atoms with Crippen molar-refractivity contribution in [2.75, 3.05) is 4.90 Å². The Morgan fingerprint density at radius 1 is 0.255 bits per heavy atom. The molecule has 47 heavy (non-hydrogen) atoms. The molecule has 1 nitrogen and oxygen atoms in total. The minimum absolute atomic E-state index is 1.11. The third-order valence-electron chi connectivity index (χ3n) is 9.40. The Kier molecular flexibility index (Phi) is 6.54. The van der Waals surface area contributed by atoms with Crippen LogP contribution in [0.4, 0.5) is 17.1 Å². The smallest absolute Gasteiger partial charge is 0.0468 e. The molecule has 0 bridgehead atoms. The van der Waals surface area contributed by atoms with E-state index in [9.17, 15) is 0 Å². The number of fused-ring (bicyclic) bond motifs is 6. The number of benzene rings is 9. The summed E-state index contributed by atoms with van der Waals surface area (Å²) in [5.74, 6) is 0. The van der Waals surface area contributed by atoms with Crippen LogP contribution < -0.4 is 4.90 Å². The highest BCUT2D eigenvalue weighted by Gasteiger charge is 2.16. The summed E-state index contributed by atoms with van der Waals surface area (Å²) in [4.78, 5) is 2.38. The lowest BCUT2D eigenvalue weighted by molar-refractivity contribution is 1.29. The summed E-state index contributed by atoms with van der Waals surface area (Å²) in [5.41, 5.74) is 8.22. The van der Waals surface area contributed by atoms with Crippen LogP contribution in [0.2, 0.25) is 0 Å². The summed E-state index contributed by atoms with van der Waals surface area (Å²) in [5, 5.41) is 10.1. The van der Waals surface area contributed by atoms with E-state index in [1.807, 2.05) is 0 Å². The maximum Gasteiger partial charge on any atom is 0.0468 e. The van der Waals surface area contributed by atoms with Gasteiger partial charge >= 0.3 is 0 Å². The fourth-order valence-corrected chi connectivity index (χ4v) is 7.11. The molecule has 9 rings (SSSR count). The van der Waals surface area contributed by atoms with Crippen LogP contribution in [0.25, 0.3) is 65.3 Å². The number of rotatable bonds is 5. The normalized spacial score (nSPS) is 11.4. The van der Waals surface area contributed by atoms with Gasteiger partial charge in [0.25, 0.3) is 0 Å². The van der Waals surface area contributed by atoms with Crippen molar-refractivity contribution >= 4 is 60.2 Å². The summed E-state index contributed by atoms with van der Waals surface area (Å²) in [6.45, 7) is 0. The second kappa shape index (κ2) is 11.3. The molecule has 9 aromatic carbocycles. The molecule has 220 valence electrons. The lowest BCUT2D eigenvalue weighted by atomic mass is 9.93. The fraction of sp³-hybridized carbons (Fsp3) is 0. The molecular weight excluding hydrogens is 567 g/mol. The van der Waals surface area contributed by atoms with Gasteiger partial charge in [-0.1, -0.05) is 146 Å². The molecule has 0 N–H and O–H groups in total. The Bertz CT molecular complexity index is 2560. The highest BCUT2D eigenvalue weighted by Crippen LogP contribution is 2.41. The van der Waals surface area contributed by atoms with E-state index in [0.717, 1.165) is 17.1 Å². The number of hydrogen-bond acceptors (Lipinski definition) is 1. The largest absolute Gasteiger partial charge is 0.310 e. The molecule has 0 amide bonds. The van der Waals surface area contributed by atoms with E-state index in [0.29, 0.717) is 0 Å². The van der Waals surface area contributed by atoms with E-state index in [-0.39, 0.29) is 0 Å². The maximum atomic E-state index is 2.38. The second-order valence-electron chi connectivity index (χ2n) is 12.2. The van der Waals surface area contributed by atoms with Gasteiger partial charge in [0.2, 0.25) is 0 Å². The molecule has 0 atom stereocenters. The van der Waals surface area contributed by atoms with Gasteiger partial charge in [-0.05, 0) is 108 Å². The Morgan fingerprint density at radius 2 is 0.809 bits per heavy atom. The zero-order valence-corrected chi connectivity index (χ0v) is 25.8. The van der Waals surface area contributed by atoms with Crippen molar-refractivity contribution in [1.29, 1.82) is 0 Å². The molecule has 1 heteroatoms. The summed E-state index contributed by atoms with van der Waals surface area (Å²) in [7, 11) is 0. The van der Waals surface area contributed by atoms with E-state index in [1.54, 1.807) is 0 Å². The minimum Gasteiger partial charge on any atom is -0.310 e. The van der Waals surface area contributed by atoms with Crippen LogP contribution in [-0.4, -0.2) is 0 Å². The zero-order chi connectivity index (χ0) is 31.2. The zero-order valence-electron chi connectivity index (χ0n) is 25.8. The fourth-order valence-electron chi connectivity index (χ4n) is 7.11. The van der Waals surface area contributed by atoms with E-state index < -0.39 is 0 Å². The third-order valence-corrected chi connectivity index (χ3v) is 9.40. The van der Waals surface area contributed by atoms with E-state index in [2.05, 4.69) is 193 Å². The van der Waals surface area contributed by atoms with Crippen molar-refractivity contribution in [2.24, 2.45) is 0 Å². The first kappa shape index (κ1) is 27.2. The first-order valence-electron chi connectivity index (χ1n) is 16.2. The van der Waals surface area contributed by atoms with Crippen LogP contribution in [0.3, 0.4) is 0 Å². The molecule has 0 heterocycles. The molecule has 0 aliphatic rings. The lowest BCUT2D eigenvalue weighted by Crippen LogP contribution is -2.10. The molecule has 0 fully saturated rings. The number of nitrogens with zero attached hydrogens (tertiary/aromatic N) is 1. The first-order valence-corrected chi connectivity index (χ1v) is 16.2. The molecule has 0 aliphatic carbocycles. The van der Waals surface area contributed by atoms with Crippen molar-refractivity contribution in [1.82, 2.24) is 0 Å². The van der Waals surface area contributed by atoms with Crippen LogP contribution in [0.1, 0.15) is 0 Å². The summed E-state index contributed by atoms with van der Waals surface area (Å²) in [6, 6.07) is 68.3. The van der Waals surface area contributed by atoms with Crippen molar-refractivity contribution in [2.45, 2.75) is 0 Å². The third kappa shape index (κ3) is 4.81. The first-order chi connectivity index (χ1) is 23.3. The van der Waals surface area contributed by atoms with E-state index >= 15 is 0 Å². The molecule has 0 unspecified atom stereocenters. The van der Waals surface area contributed by atoms with Crippen molar-refractivity contribution < 1.29 is 0 Å². The molecule has 0 spiro atoms. The molecule has 9 aromatic rings. The van der Waals surface area contributed by atoms with Crippen LogP contribution in [0, 0.1) is 0 Å². The molecule has 0 aromatic heterocycles. The Labute approximate surface area is 274 Å². The van der Waals surface area contributed by atoms with Gasteiger partial charge in [0.1, 0.15) is 0 Å². The van der Waals surface area contributed by atoms with Gasteiger partial charge in [-0.15, -0.1) is 0 Å². The van der Waals surface area contributed by atoms with Gasteiger partial charge in [-0.3, -0.25) is 0 Å². The van der Waals surface area contributed by atoms with Crippen LogP contribution in [-0.2, 0) is 0 Å².